The molecule has 0 amide bonds. The molecule has 2 aromatic rings. The van der Waals surface area contributed by atoms with Crippen molar-refractivity contribution in [3.05, 3.63) is 11.6 Å². The first-order valence-electron chi connectivity index (χ1n) is 2.52. The summed E-state index contributed by atoms with van der Waals surface area (Å²) in [5.41, 5.74) is 1.32. The van der Waals surface area contributed by atoms with E-state index >= 15 is 0 Å². The highest BCUT2D eigenvalue weighted by molar-refractivity contribution is 7.03. The van der Waals surface area contributed by atoms with E-state index in [0.29, 0.717) is 11.4 Å². The van der Waals surface area contributed by atoms with Gasteiger partial charge in [0, 0.05) is 5.38 Å². The van der Waals surface area contributed by atoms with Crippen LogP contribution in [0.5, 0.6) is 0 Å². The van der Waals surface area contributed by atoms with Crippen LogP contribution >= 0.6 is 11.5 Å². The Hall–Kier alpha value is -1.30. The molecule has 0 radical (unpaired) electrons. The Bertz CT molecular complexity index is 257. The van der Waals surface area contributed by atoms with Crippen LogP contribution in [0, 0.1) is 0 Å². The van der Waals surface area contributed by atoms with E-state index in [9.17, 15) is 0 Å². The van der Waals surface area contributed by atoms with Crippen LogP contribution in [0.25, 0.3) is 11.4 Å². The smallest absolute Gasteiger partial charge is 0.156 e. The Morgan fingerprint density at radius 1 is 1.40 bits per heavy atom. The van der Waals surface area contributed by atoms with E-state index in [1.807, 2.05) is 0 Å². The zero-order chi connectivity index (χ0) is 6.81. The van der Waals surface area contributed by atoms with Crippen LogP contribution in [-0.2, 0) is 0 Å². The van der Waals surface area contributed by atoms with Gasteiger partial charge < -0.3 is 0 Å². The maximum atomic E-state index is 4.38. The molecule has 0 saturated carbocycles. The summed E-state index contributed by atoms with van der Waals surface area (Å²) in [6, 6.07) is 0. The lowest BCUT2D eigenvalue weighted by Gasteiger charge is -1.76. The third-order valence-electron chi connectivity index (χ3n) is 0.984. The van der Waals surface area contributed by atoms with Crippen LogP contribution in [0.15, 0.2) is 16.2 Å². The van der Waals surface area contributed by atoms with Gasteiger partial charge in [-0.15, -0.1) is 5.10 Å². The van der Waals surface area contributed by atoms with Crippen molar-refractivity contribution in [2.45, 2.75) is 0 Å². The van der Waals surface area contributed by atoms with Gasteiger partial charge in [0.1, 0.15) is 11.9 Å². The summed E-state index contributed by atoms with van der Waals surface area (Å²) in [5.74, 6) is 0. The SMILES string of the molecule is c1snnc1-c1cnon1. The van der Waals surface area contributed by atoms with Crippen LogP contribution in [0.3, 0.4) is 0 Å². The summed E-state index contributed by atoms with van der Waals surface area (Å²) in [7, 11) is 0. The van der Waals surface area contributed by atoms with Gasteiger partial charge in [0.25, 0.3) is 0 Å². The first kappa shape index (κ1) is 5.48. The topological polar surface area (TPSA) is 64.7 Å². The molecular weight excluding hydrogens is 152 g/mol. The summed E-state index contributed by atoms with van der Waals surface area (Å²) in [5, 5.41) is 12.5. The number of hydrogen-bond acceptors (Lipinski definition) is 6. The second-order valence-electron chi connectivity index (χ2n) is 1.58. The first-order valence-corrected chi connectivity index (χ1v) is 3.35. The predicted molar refractivity (Wildman–Crippen MR) is 33.2 cm³/mol. The number of nitrogens with zero attached hydrogens (tertiary/aromatic N) is 4. The molecule has 0 aliphatic heterocycles. The molecular formula is C4H2N4OS. The molecule has 6 heteroatoms. The normalized spacial score (nSPS) is 10.0. The Kier molecular flexibility index (Phi) is 1.17. The van der Waals surface area contributed by atoms with Gasteiger partial charge in [0.2, 0.25) is 0 Å². The minimum atomic E-state index is 0.619. The monoisotopic (exact) mass is 154 g/mol. The second kappa shape index (κ2) is 2.14. The molecule has 0 bridgehead atoms. The molecule has 0 aliphatic carbocycles. The summed E-state index contributed by atoms with van der Waals surface area (Å²) < 4.78 is 8.04. The zero-order valence-corrected chi connectivity index (χ0v) is 5.58. The van der Waals surface area contributed by atoms with Crippen molar-refractivity contribution in [2.75, 3.05) is 0 Å². The van der Waals surface area contributed by atoms with Crippen molar-refractivity contribution in [3.8, 4) is 11.4 Å². The second-order valence-corrected chi connectivity index (χ2v) is 2.19. The Labute approximate surface area is 59.8 Å². The molecule has 0 atom stereocenters. The third-order valence-corrected chi connectivity index (χ3v) is 1.49. The van der Waals surface area contributed by atoms with E-state index in [1.54, 1.807) is 5.38 Å². The summed E-state index contributed by atoms with van der Waals surface area (Å²) in [4.78, 5) is 0. The largest absolute Gasteiger partial charge is 0.244 e. The summed E-state index contributed by atoms with van der Waals surface area (Å²) in [6.07, 6.45) is 1.50. The molecule has 0 unspecified atom stereocenters. The predicted octanol–water partition coefficient (Wildman–Crippen LogP) is 0.588. The van der Waals surface area contributed by atoms with Crippen LogP contribution < -0.4 is 0 Å². The van der Waals surface area contributed by atoms with E-state index in [4.69, 9.17) is 0 Å². The third kappa shape index (κ3) is 0.781. The lowest BCUT2D eigenvalue weighted by Crippen LogP contribution is -1.75. The fourth-order valence-corrected chi connectivity index (χ4v) is 1.00. The average molecular weight is 154 g/mol. The molecule has 0 saturated heterocycles. The van der Waals surface area contributed by atoms with Gasteiger partial charge >= 0.3 is 0 Å². The first-order chi connectivity index (χ1) is 4.97. The van der Waals surface area contributed by atoms with E-state index < -0.39 is 0 Å². The van der Waals surface area contributed by atoms with Gasteiger partial charge in [-0.05, 0) is 16.7 Å². The van der Waals surface area contributed by atoms with E-state index in [1.165, 1.54) is 17.7 Å². The van der Waals surface area contributed by atoms with Gasteiger partial charge in [0.15, 0.2) is 5.69 Å². The van der Waals surface area contributed by atoms with E-state index in [2.05, 4.69) is 24.5 Å². The molecule has 2 aromatic heterocycles. The van der Waals surface area contributed by atoms with Gasteiger partial charge in [-0.2, -0.15) is 0 Å². The minimum absolute atomic E-state index is 0.619. The number of rotatable bonds is 1. The highest BCUT2D eigenvalue weighted by atomic mass is 32.1. The van der Waals surface area contributed by atoms with Crippen molar-refractivity contribution >= 4 is 11.5 Å². The summed E-state index contributed by atoms with van der Waals surface area (Å²) in [6.45, 7) is 0. The quantitative estimate of drug-likeness (QED) is 0.601. The van der Waals surface area contributed by atoms with Gasteiger partial charge in [-0.1, -0.05) is 9.64 Å². The Morgan fingerprint density at radius 3 is 3.00 bits per heavy atom. The summed E-state index contributed by atoms with van der Waals surface area (Å²) >= 11 is 1.27. The molecule has 2 heterocycles. The van der Waals surface area contributed by atoms with Crippen LogP contribution in [0.1, 0.15) is 0 Å². The average Bonchev–Trinajstić information content (AvgIpc) is 2.59. The minimum Gasteiger partial charge on any atom is -0.244 e. The van der Waals surface area contributed by atoms with Gasteiger partial charge in [0.05, 0.1) is 0 Å². The Balaban J connectivity index is 2.48. The molecule has 0 fully saturated rings. The van der Waals surface area contributed by atoms with Gasteiger partial charge in [-0.3, -0.25) is 0 Å². The molecule has 0 N–H and O–H groups in total. The van der Waals surface area contributed by atoms with Gasteiger partial charge in [-0.25, -0.2) is 4.63 Å². The standard InChI is InChI=1S/C4H2N4OS/c1-3(7-9-5-1)4-2-10-8-6-4/h1-2H. The Morgan fingerprint density at radius 2 is 2.40 bits per heavy atom. The lowest BCUT2D eigenvalue weighted by atomic mass is 10.4. The molecule has 50 valence electrons. The maximum absolute atomic E-state index is 4.38. The van der Waals surface area contributed by atoms with Crippen molar-refractivity contribution in [1.29, 1.82) is 0 Å². The van der Waals surface area contributed by atoms with Crippen LogP contribution in [0.2, 0.25) is 0 Å². The van der Waals surface area contributed by atoms with E-state index in [0.717, 1.165) is 0 Å². The lowest BCUT2D eigenvalue weighted by molar-refractivity contribution is 0.308. The number of hydrogen-bond donors (Lipinski definition) is 0. The molecule has 10 heavy (non-hydrogen) atoms. The van der Waals surface area contributed by atoms with Crippen LogP contribution in [0.4, 0.5) is 0 Å². The molecule has 0 aromatic carbocycles. The van der Waals surface area contributed by atoms with Crippen molar-refractivity contribution in [3.63, 3.8) is 0 Å². The van der Waals surface area contributed by atoms with Crippen molar-refractivity contribution in [2.24, 2.45) is 0 Å². The number of aromatic nitrogens is 4. The highest BCUT2D eigenvalue weighted by Gasteiger charge is 2.03. The molecule has 0 spiro atoms. The zero-order valence-electron chi connectivity index (χ0n) is 4.76. The van der Waals surface area contributed by atoms with Crippen LogP contribution in [-0.4, -0.2) is 19.9 Å². The maximum Gasteiger partial charge on any atom is 0.156 e. The molecule has 5 nitrogen and oxygen atoms in total. The molecule has 0 aliphatic rings. The van der Waals surface area contributed by atoms with Crippen molar-refractivity contribution in [1.82, 2.24) is 19.9 Å². The fourth-order valence-electron chi connectivity index (χ4n) is 0.554. The van der Waals surface area contributed by atoms with Crippen molar-refractivity contribution < 1.29 is 4.63 Å². The highest BCUT2D eigenvalue weighted by Crippen LogP contribution is 2.12. The molecule has 2 rings (SSSR count). The van der Waals surface area contributed by atoms with E-state index in [-0.39, 0.29) is 0 Å². The fraction of sp³-hybridized carbons (Fsp3) is 0.